The van der Waals surface area contributed by atoms with Gasteiger partial charge in [-0.1, -0.05) is 18.2 Å². The van der Waals surface area contributed by atoms with Gasteiger partial charge < -0.3 is 34.6 Å². The first-order valence-electron chi connectivity index (χ1n) is 10.5. The van der Waals surface area contributed by atoms with Gasteiger partial charge in [0, 0.05) is 30.9 Å². The average molecular weight is 441 g/mol. The number of nitrogens with zero attached hydrogens (tertiary/aromatic N) is 2. The Morgan fingerprint density at radius 1 is 1.00 bits per heavy atom. The normalized spacial score (nSPS) is 17.2. The standard InChI is InChI=1S/C23H28N4O5/c1-30-18-13-16(14-19(31-2)20(18)32-3)25-22(29)26-11-9-23(10-12-26)21(28)24-15-27(23)17-7-5-4-6-8-17/h4-8,13-14H,9-12,15H2,1-3H3,(H,24,28)(H,25,29). The average Bonchev–Trinajstić information content (AvgIpc) is 3.14. The summed E-state index contributed by atoms with van der Waals surface area (Å²) < 4.78 is 16.0. The number of carbonyl (C=O) groups is 2. The number of rotatable bonds is 5. The number of nitrogens with one attached hydrogen (secondary N) is 2. The molecule has 2 aliphatic rings. The minimum Gasteiger partial charge on any atom is -0.493 e. The van der Waals surface area contributed by atoms with Gasteiger partial charge in [-0.3, -0.25) is 4.79 Å². The van der Waals surface area contributed by atoms with Gasteiger partial charge in [0.15, 0.2) is 11.5 Å². The molecule has 9 nitrogen and oxygen atoms in total. The van der Waals surface area contributed by atoms with E-state index in [0.717, 1.165) is 5.69 Å². The van der Waals surface area contributed by atoms with Crippen LogP contribution < -0.4 is 29.7 Å². The lowest BCUT2D eigenvalue weighted by Gasteiger charge is -2.43. The molecule has 0 saturated carbocycles. The molecule has 2 heterocycles. The van der Waals surface area contributed by atoms with Crippen molar-refractivity contribution in [3.63, 3.8) is 0 Å². The first-order chi connectivity index (χ1) is 15.5. The number of likely N-dealkylation sites (tertiary alicyclic amines) is 1. The van der Waals surface area contributed by atoms with E-state index in [1.165, 1.54) is 21.3 Å². The third kappa shape index (κ3) is 3.74. The molecule has 2 fully saturated rings. The maximum Gasteiger partial charge on any atom is 0.321 e. The van der Waals surface area contributed by atoms with Gasteiger partial charge in [0.25, 0.3) is 0 Å². The van der Waals surface area contributed by atoms with Crippen LogP contribution in [-0.4, -0.2) is 63.5 Å². The fraction of sp³-hybridized carbons (Fsp3) is 0.391. The van der Waals surface area contributed by atoms with E-state index in [9.17, 15) is 9.59 Å². The molecule has 0 aliphatic carbocycles. The largest absolute Gasteiger partial charge is 0.493 e. The molecule has 0 radical (unpaired) electrons. The number of urea groups is 1. The van der Waals surface area contributed by atoms with Gasteiger partial charge in [-0.05, 0) is 25.0 Å². The van der Waals surface area contributed by atoms with Crippen LogP contribution in [0.25, 0.3) is 0 Å². The molecule has 0 aromatic heterocycles. The van der Waals surface area contributed by atoms with Crippen LogP contribution in [0.1, 0.15) is 12.8 Å². The number of amides is 3. The van der Waals surface area contributed by atoms with E-state index in [2.05, 4.69) is 15.5 Å². The van der Waals surface area contributed by atoms with Crippen LogP contribution in [0.5, 0.6) is 17.2 Å². The molecule has 0 unspecified atom stereocenters. The summed E-state index contributed by atoms with van der Waals surface area (Å²) in [5.74, 6) is 1.40. The Morgan fingerprint density at radius 2 is 1.62 bits per heavy atom. The van der Waals surface area contributed by atoms with Gasteiger partial charge in [0.2, 0.25) is 11.7 Å². The minimum atomic E-state index is -0.634. The summed E-state index contributed by atoms with van der Waals surface area (Å²) in [7, 11) is 4.58. The van der Waals surface area contributed by atoms with Crippen LogP contribution in [0.15, 0.2) is 42.5 Å². The lowest BCUT2D eigenvalue weighted by atomic mass is 9.85. The molecule has 1 spiro atoms. The Kier molecular flexibility index (Phi) is 5.98. The van der Waals surface area contributed by atoms with E-state index in [0.29, 0.717) is 55.5 Å². The molecule has 9 heteroatoms. The van der Waals surface area contributed by atoms with Gasteiger partial charge in [0.1, 0.15) is 5.54 Å². The van der Waals surface area contributed by atoms with Gasteiger partial charge in [0.05, 0.1) is 33.7 Å². The number of benzene rings is 2. The zero-order valence-corrected chi connectivity index (χ0v) is 18.5. The van der Waals surface area contributed by atoms with Gasteiger partial charge in [-0.15, -0.1) is 0 Å². The molecule has 2 aromatic carbocycles. The fourth-order valence-corrected chi connectivity index (χ4v) is 4.47. The number of hydrogen-bond donors (Lipinski definition) is 2. The van der Waals surface area contributed by atoms with E-state index in [-0.39, 0.29) is 11.9 Å². The summed E-state index contributed by atoms with van der Waals surface area (Å²) in [5.41, 5.74) is 0.903. The smallest absolute Gasteiger partial charge is 0.321 e. The zero-order chi connectivity index (χ0) is 22.7. The highest BCUT2D eigenvalue weighted by atomic mass is 16.5. The van der Waals surface area contributed by atoms with Crippen molar-refractivity contribution in [1.82, 2.24) is 10.2 Å². The Hall–Kier alpha value is -3.62. The molecule has 2 aromatic rings. The summed E-state index contributed by atoms with van der Waals surface area (Å²) in [4.78, 5) is 29.6. The van der Waals surface area contributed by atoms with Crippen LogP contribution in [0.3, 0.4) is 0 Å². The predicted octanol–water partition coefficient (Wildman–Crippen LogP) is 2.67. The second kappa shape index (κ2) is 8.86. The second-order valence-corrected chi connectivity index (χ2v) is 7.79. The number of carbonyl (C=O) groups excluding carboxylic acids is 2. The van der Waals surface area contributed by atoms with Gasteiger partial charge >= 0.3 is 6.03 Å². The highest BCUT2D eigenvalue weighted by Crippen LogP contribution is 2.40. The minimum absolute atomic E-state index is 0.0195. The lowest BCUT2D eigenvalue weighted by molar-refractivity contribution is -0.124. The molecule has 2 saturated heterocycles. The number of methoxy groups -OCH3 is 3. The van der Waals surface area contributed by atoms with Crippen molar-refractivity contribution in [2.24, 2.45) is 0 Å². The fourth-order valence-electron chi connectivity index (χ4n) is 4.47. The number of ether oxygens (including phenoxy) is 3. The third-order valence-corrected chi connectivity index (χ3v) is 6.20. The number of hydrogen-bond acceptors (Lipinski definition) is 6. The monoisotopic (exact) mass is 440 g/mol. The summed E-state index contributed by atoms with van der Waals surface area (Å²) in [6.07, 6.45) is 1.10. The van der Waals surface area contributed by atoms with Crippen molar-refractivity contribution >= 4 is 23.3 Å². The van der Waals surface area contributed by atoms with E-state index >= 15 is 0 Å². The number of piperidine rings is 1. The molecular weight excluding hydrogens is 412 g/mol. The first-order valence-corrected chi connectivity index (χ1v) is 10.5. The van der Waals surface area contributed by atoms with Crippen LogP contribution in [-0.2, 0) is 4.79 Å². The van der Waals surface area contributed by atoms with Crippen molar-refractivity contribution in [2.45, 2.75) is 18.4 Å². The van der Waals surface area contributed by atoms with Crippen LogP contribution >= 0.6 is 0 Å². The Balaban J connectivity index is 1.46. The molecule has 32 heavy (non-hydrogen) atoms. The zero-order valence-electron chi connectivity index (χ0n) is 18.5. The lowest BCUT2D eigenvalue weighted by Crippen LogP contribution is -2.57. The molecule has 3 amide bonds. The van der Waals surface area contributed by atoms with E-state index in [1.54, 1.807) is 17.0 Å². The molecule has 2 N–H and O–H groups in total. The predicted molar refractivity (Wildman–Crippen MR) is 121 cm³/mol. The summed E-state index contributed by atoms with van der Waals surface area (Å²) in [6.45, 7) is 1.40. The summed E-state index contributed by atoms with van der Waals surface area (Å²) in [6, 6.07) is 13.0. The van der Waals surface area contributed by atoms with E-state index in [4.69, 9.17) is 14.2 Å². The van der Waals surface area contributed by atoms with Crippen molar-refractivity contribution < 1.29 is 23.8 Å². The summed E-state index contributed by atoms with van der Waals surface area (Å²) in [5, 5.41) is 5.88. The maximum atomic E-state index is 12.9. The Bertz CT molecular complexity index is 964. The van der Waals surface area contributed by atoms with Gasteiger partial charge in [-0.2, -0.15) is 0 Å². The van der Waals surface area contributed by atoms with Crippen molar-refractivity contribution in [1.29, 1.82) is 0 Å². The number of para-hydroxylation sites is 1. The molecule has 4 rings (SSSR count). The van der Waals surface area contributed by atoms with Crippen LogP contribution in [0.2, 0.25) is 0 Å². The topological polar surface area (TPSA) is 92.4 Å². The maximum absolute atomic E-state index is 12.9. The summed E-state index contributed by atoms with van der Waals surface area (Å²) >= 11 is 0. The van der Waals surface area contributed by atoms with Crippen LogP contribution in [0.4, 0.5) is 16.2 Å². The van der Waals surface area contributed by atoms with Crippen molar-refractivity contribution in [3.8, 4) is 17.2 Å². The molecule has 0 atom stereocenters. The molecule has 170 valence electrons. The van der Waals surface area contributed by atoms with Crippen LogP contribution in [0, 0.1) is 0 Å². The highest BCUT2D eigenvalue weighted by Gasteiger charge is 2.50. The highest BCUT2D eigenvalue weighted by molar-refractivity contribution is 5.94. The van der Waals surface area contributed by atoms with E-state index < -0.39 is 5.54 Å². The molecule has 0 bridgehead atoms. The van der Waals surface area contributed by atoms with Crippen molar-refractivity contribution in [3.05, 3.63) is 42.5 Å². The molecular formula is C23H28N4O5. The second-order valence-electron chi connectivity index (χ2n) is 7.79. The van der Waals surface area contributed by atoms with Gasteiger partial charge in [-0.25, -0.2) is 4.79 Å². The van der Waals surface area contributed by atoms with E-state index in [1.807, 2.05) is 30.3 Å². The molecule has 2 aliphatic heterocycles. The van der Waals surface area contributed by atoms with Crippen molar-refractivity contribution in [2.75, 3.05) is 51.3 Å². The SMILES string of the molecule is COc1cc(NC(=O)N2CCC3(CC2)C(=O)NCN3c2ccccc2)cc(OC)c1OC. The Labute approximate surface area is 187 Å². The number of anilines is 2. The quantitative estimate of drug-likeness (QED) is 0.743. The third-order valence-electron chi connectivity index (χ3n) is 6.20. The first kappa shape index (κ1) is 21.6. The Morgan fingerprint density at radius 3 is 2.19 bits per heavy atom.